The van der Waals surface area contributed by atoms with E-state index < -0.39 is 0 Å². The third-order valence-corrected chi connectivity index (χ3v) is 5.42. The van der Waals surface area contributed by atoms with Crippen LogP contribution in [-0.4, -0.2) is 17.5 Å². The SMILES string of the molecule is O=C(NCc1nc(-c2ccccc2)cs1)[C@@H]1COc2ccc(Cl)cc2C1. The molecule has 1 aromatic heterocycles. The Labute approximate surface area is 160 Å². The Bertz CT molecular complexity index is 927. The van der Waals surface area contributed by atoms with E-state index in [2.05, 4.69) is 10.3 Å². The van der Waals surface area contributed by atoms with Crippen LogP contribution in [0.3, 0.4) is 0 Å². The molecule has 0 radical (unpaired) electrons. The van der Waals surface area contributed by atoms with E-state index in [9.17, 15) is 4.79 Å². The lowest BCUT2D eigenvalue weighted by Crippen LogP contribution is -2.37. The van der Waals surface area contributed by atoms with E-state index in [4.69, 9.17) is 16.3 Å². The third-order valence-electron chi connectivity index (χ3n) is 4.33. The van der Waals surface area contributed by atoms with Crippen molar-refractivity contribution in [3.8, 4) is 17.0 Å². The maximum absolute atomic E-state index is 12.5. The van der Waals surface area contributed by atoms with Gasteiger partial charge in [0.15, 0.2) is 0 Å². The lowest BCUT2D eigenvalue weighted by atomic mass is 9.96. The molecular weight excluding hydrogens is 368 g/mol. The number of amides is 1. The molecule has 6 heteroatoms. The molecule has 4 nitrogen and oxygen atoms in total. The molecule has 2 heterocycles. The van der Waals surface area contributed by atoms with Crippen molar-refractivity contribution in [2.24, 2.45) is 5.92 Å². The first kappa shape index (κ1) is 17.1. The molecule has 0 fully saturated rings. The molecule has 0 saturated carbocycles. The first-order valence-electron chi connectivity index (χ1n) is 8.38. The van der Waals surface area contributed by atoms with Gasteiger partial charge in [-0.3, -0.25) is 4.79 Å². The first-order valence-corrected chi connectivity index (χ1v) is 9.63. The van der Waals surface area contributed by atoms with Crippen LogP contribution < -0.4 is 10.1 Å². The second-order valence-electron chi connectivity index (χ2n) is 6.17. The van der Waals surface area contributed by atoms with Gasteiger partial charge in [0.25, 0.3) is 0 Å². The Morgan fingerprint density at radius 3 is 2.96 bits per heavy atom. The van der Waals surface area contributed by atoms with Crippen molar-refractivity contribution in [1.82, 2.24) is 10.3 Å². The topological polar surface area (TPSA) is 51.2 Å². The fourth-order valence-electron chi connectivity index (χ4n) is 2.97. The monoisotopic (exact) mass is 384 g/mol. The molecule has 1 atom stereocenters. The number of halogens is 1. The molecule has 4 rings (SSSR count). The molecule has 3 aromatic rings. The Morgan fingerprint density at radius 2 is 2.12 bits per heavy atom. The summed E-state index contributed by atoms with van der Waals surface area (Å²) < 4.78 is 5.69. The van der Waals surface area contributed by atoms with Crippen LogP contribution in [0.4, 0.5) is 0 Å². The van der Waals surface area contributed by atoms with Crippen LogP contribution in [0.1, 0.15) is 10.6 Å². The van der Waals surface area contributed by atoms with Gasteiger partial charge in [0.05, 0.1) is 18.2 Å². The van der Waals surface area contributed by atoms with Crippen molar-refractivity contribution in [2.45, 2.75) is 13.0 Å². The number of fused-ring (bicyclic) bond motifs is 1. The minimum Gasteiger partial charge on any atom is -0.492 e. The van der Waals surface area contributed by atoms with E-state index in [1.807, 2.05) is 47.8 Å². The highest BCUT2D eigenvalue weighted by Crippen LogP contribution is 2.30. The molecule has 2 aromatic carbocycles. The molecule has 0 bridgehead atoms. The number of hydrogen-bond donors (Lipinski definition) is 1. The zero-order chi connectivity index (χ0) is 17.9. The van der Waals surface area contributed by atoms with Crippen LogP contribution in [0.5, 0.6) is 5.75 Å². The Hall–Kier alpha value is -2.37. The average Bonchev–Trinajstić information content (AvgIpc) is 3.15. The van der Waals surface area contributed by atoms with Gasteiger partial charge in [-0.1, -0.05) is 41.9 Å². The fraction of sp³-hybridized carbons (Fsp3) is 0.200. The summed E-state index contributed by atoms with van der Waals surface area (Å²) in [5.74, 6) is 0.576. The van der Waals surface area contributed by atoms with Gasteiger partial charge in [0.2, 0.25) is 5.91 Å². The summed E-state index contributed by atoms with van der Waals surface area (Å²) in [6, 6.07) is 15.5. The van der Waals surface area contributed by atoms with Crippen molar-refractivity contribution in [2.75, 3.05) is 6.61 Å². The van der Waals surface area contributed by atoms with Crippen LogP contribution in [0.15, 0.2) is 53.9 Å². The number of thiazole rings is 1. The maximum atomic E-state index is 12.5. The number of rotatable bonds is 4. The zero-order valence-electron chi connectivity index (χ0n) is 13.9. The van der Waals surface area contributed by atoms with Gasteiger partial charge in [-0.2, -0.15) is 0 Å². The normalized spacial score (nSPS) is 15.8. The van der Waals surface area contributed by atoms with Gasteiger partial charge >= 0.3 is 0 Å². The second-order valence-corrected chi connectivity index (χ2v) is 7.55. The third kappa shape index (κ3) is 3.74. The molecule has 26 heavy (non-hydrogen) atoms. The average molecular weight is 385 g/mol. The first-order chi connectivity index (χ1) is 12.7. The van der Waals surface area contributed by atoms with Gasteiger partial charge in [-0.15, -0.1) is 11.3 Å². The molecule has 1 amide bonds. The number of ether oxygens (including phenoxy) is 1. The summed E-state index contributed by atoms with van der Waals surface area (Å²) in [6.07, 6.45) is 0.634. The number of nitrogens with zero attached hydrogens (tertiary/aromatic N) is 1. The molecule has 0 saturated heterocycles. The van der Waals surface area contributed by atoms with Gasteiger partial charge in [-0.05, 0) is 30.2 Å². The lowest BCUT2D eigenvalue weighted by Gasteiger charge is -2.24. The van der Waals surface area contributed by atoms with E-state index in [1.54, 1.807) is 17.4 Å². The van der Waals surface area contributed by atoms with Crippen molar-refractivity contribution in [3.05, 3.63) is 69.5 Å². The van der Waals surface area contributed by atoms with E-state index >= 15 is 0 Å². The van der Waals surface area contributed by atoms with Gasteiger partial charge in [-0.25, -0.2) is 4.98 Å². The molecule has 0 unspecified atom stereocenters. The Kier molecular flexibility index (Phi) is 4.91. The van der Waals surface area contributed by atoms with E-state index in [-0.39, 0.29) is 11.8 Å². The van der Waals surface area contributed by atoms with Crippen molar-refractivity contribution < 1.29 is 9.53 Å². The molecule has 0 spiro atoms. The Morgan fingerprint density at radius 1 is 1.27 bits per heavy atom. The number of carbonyl (C=O) groups is 1. The minimum absolute atomic E-state index is 0.0212. The Balaban J connectivity index is 1.37. The molecule has 1 N–H and O–H groups in total. The number of aromatic nitrogens is 1. The van der Waals surface area contributed by atoms with Crippen molar-refractivity contribution in [1.29, 1.82) is 0 Å². The van der Waals surface area contributed by atoms with Gasteiger partial charge < -0.3 is 10.1 Å². The highest BCUT2D eigenvalue weighted by molar-refractivity contribution is 7.09. The smallest absolute Gasteiger partial charge is 0.227 e. The number of carbonyl (C=O) groups excluding carboxylic acids is 1. The van der Waals surface area contributed by atoms with E-state index in [0.717, 1.165) is 27.6 Å². The summed E-state index contributed by atoms with van der Waals surface area (Å²) >= 11 is 7.58. The molecule has 0 aliphatic carbocycles. The second kappa shape index (κ2) is 7.48. The molecule has 1 aliphatic rings. The highest BCUT2D eigenvalue weighted by atomic mass is 35.5. The summed E-state index contributed by atoms with van der Waals surface area (Å²) in [7, 11) is 0. The lowest BCUT2D eigenvalue weighted by molar-refractivity contribution is -0.126. The summed E-state index contributed by atoms with van der Waals surface area (Å²) in [6.45, 7) is 0.808. The summed E-state index contributed by atoms with van der Waals surface area (Å²) in [4.78, 5) is 17.1. The maximum Gasteiger partial charge on any atom is 0.227 e. The number of nitrogens with one attached hydrogen (secondary N) is 1. The number of hydrogen-bond acceptors (Lipinski definition) is 4. The molecular formula is C20H17ClN2O2S. The predicted octanol–water partition coefficient (Wildman–Crippen LogP) is 4.33. The van der Waals surface area contributed by atoms with Crippen molar-refractivity contribution in [3.63, 3.8) is 0 Å². The number of benzene rings is 2. The van der Waals surface area contributed by atoms with Gasteiger partial charge in [0, 0.05) is 16.0 Å². The van der Waals surface area contributed by atoms with Gasteiger partial charge in [0.1, 0.15) is 17.4 Å². The molecule has 132 valence electrons. The largest absolute Gasteiger partial charge is 0.492 e. The van der Waals surface area contributed by atoms with Crippen LogP contribution in [0.2, 0.25) is 5.02 Å². The minimum atomic E-state index is -0.213. The van der Waals surface area contributed by atoms with Crippen LogP contribution in [-0.2, 0) is 17.8 Å². The standard InChI is InChI=1S/C20H17ClN2O2S/c21-16-6-7-18-14(9-16)8-15(11-25-18)20(24)22-10-19-23-17(12-26-19)13-4-2-1-3-5-13/h1-7,9,12,15H,8,10-11H2,(H,22,24)/t15-/m0/s1. The molecule has 1 aliphatic heterocycles. The quantitative estimate of drug-likeness (QED) is 0.728. The van der Waals surface area contributed by atoms with E-state index in [0.29, 0.717) is 24.6 Å². The summed E-state index contributed by atoms with van der Waals surface area (Å²) in [5.41, 5.74) is 2.99. The predicted molar refractivity (Wildman–Crippen MR) is 104 cm³/mol. The summed E-state index contributed by atoms with van der Waals surface area (Å²) in [5, 5.41) is 6.53. The fourth-order valence-corrected chi connectivity index (χ4v) is 3.91. The van der Waals surface area contributed by atoms with Crippen LogP contribution >= 0.6 is 22.9 Å². The van der Waals surface area contributed by atoms with E-state index in [1.165, 1.54) is 0 Å². The van der Waals surface area contributed by atoms with Crippen LogP contribution in [0, 0.1) is 5.92 Å². The zero-order valence-corrected chi connectivity index (χ0v) is 15.5. The highest BCUT2D eigenvalue weighted by Gasteiger charge is 2.26. The van der Waals surface area contributed by atoms with Crippen LogP contribution in [0.25, 0.3) is 11.3 Å². The van der Waals surface area contributed by atoms with Crippen molar-refractivity contribution >= 4 is 28.8 Å².